The van der Waals surface area contributed by atoms with Gasteiger partial charge in [0.25, 0.3) is 0 Å². The minimum atomic E-state index is -0.0237. The first-order valence-electron chi connectivity index (χ1n) is 6.49. The number of rotatable bonds is 5. The number of hydrogen-bond acceptors (Lipinski definition) is 3. The van der Waals surface area contributed by atoms with Crippen LogP contribution in [0, 0.1) is 5.41 Å². The van der Waals surface area contributed by atoms with Crippen LogP contribution in [0.5, 0.6) is 5.75 Å². The molecule has 2 aromatic rings. The van der Waals surface area contributed by atoms with Crippen LogP contribution in [0.3, 0.4) is 0 Å². The highest BCUT2D eigenvalue weighted by Crippen LogP contribution is 2.24. The molecule has 0 saturated carbocycles. The van der Waals surface area contributed by atoms with Gasteiger partial charge < -0.3 is 15.4 Å². The first-order chi connectivity index (χ1) is 10.0. The van der Waals surface area contributed by atoms with Crippen molar-refractivity contribution < 1.29 is 4.74 Å². The van der Waals surface area contributed by atoms with Gasteiger partial charge in [0.2, 0.25) is 0 Å². The minimum Gasteiger partial charge on any atom is -0.497 e. The summed E-state index contributed by atoms with van der Waals surface area (Å²) in [6.07, 6.45) is 0. The van der Waals surface area contributed by atoms with Gasteiger partial charge in [0.15, 0.2) is 0 Å². The van der Waals surface area contributed by atoms with E-state index < -0.39 is 0 Å². The van der Waals surface area contributed by atoms with E-state index >= 15 is 0 Å². The summed E-state index contributed by atoms with van der Waals surface area (Å²) in [5.41, 5.74) is 8.16. The van der Waals surface area contributed by atoms with E-state index in [1.54, 1.807) is 13.2 Å². The summed E-state index contributed by atoms with van der Waals surface area (Å²) in [7, 11) is 3.64. The molecule has 0 aliphatic heterocycles. The number of nitrogens with one attached hydrogen (secondary N) is 1. The van der Waals surface area contributed by atoms with Gasteiger partial charge in [-0.15, -0.1) is 0 Å². The zero-order chi connectivity index (χ0) is 15.4. The van der Waals surface area contributed by atoms with E-state index in [0.29, 0.717) is 10.6 Å². The lowest BCUT2D eigenvalue weighted by Crippen LogP contribution is -2.17. The van der Waals surface area contributed by atoms with Gasteiger partial charge in [-0.05, 0) is 35.9 Å². The molecule has 21 heavy (non-hydrogen) atoms. The summed E-state index contributed by atoms with van der Waals surface area (Å²) in [5.74, 6) is 0.819. The molecule has 2 rings (SSSR count). The third-order valence-electron chi connectivity index (χ3n) is 3.26. The second kappa shape index (κ2) is 6.50. The predicted octanol–water partition coefficient (Wildman–Crippen LogP) is 3.27. The lowest BCUT2D eigenvalue weighted by Gasteiger charge is -2.20. The number of nitrogens with two attached hydrogens (primary N) is 1. The summed E-state index contributed by atoms with van der Waals surface area (Å²) in [6.45, 7) is 0.750. The van der Waals surface area contributed by atoms with E-state index in [9.17, 15) is 0 Å². The molecule has 110 valence electrons. The maximum absolute atomic E-state index is 7.44. The highest BCUT2D eigenvalue weighted by Gasteiger charge is 2.08. The Hall–Kier alpha value is -2.20. The average Bonchev–Trinajstić information content (AvgIpc) is 2.47. The predicted molar refractivity (Wildman–Crippen MR) is 87.6 cm³/mol. The van der Waals surface area contributed by atoms with Gasteiger partial charge in [0.1, 0.15) is 11.6 Å². The Morgan fingerprint density at radius 1 is 1.24 bits per heavy atom. The number of nitrogen functional groups attached to an aromatic ring is 1. The third kappa shape index (κ3) is 3.67. The van der Waals surface area contributed by atoms with E-state index in [2.05, 4.69) is 4.90 Å². The second-order valence-corrected chi connectivity index (χ2v) is 5.19. The fourth-order valence-electron chi connectivity index (χ4n) is 2.06. The van der Waals surface area contributed by atoms with E-state index in [1.807, 2.05) is 43.4 Å². The Bertz CT molecular complexity index is 640. The van der Waals surface area contributed by atoms with Crippen LogP contribution in [0.15, 0.2) is 42.5 Å². The van der Waals surface area contributed by atoms with Gasteiger partial charge in [-0.2, -0.15) is 0 Å². The van der Waals surface area contributed by atoms with Crippen LogP contribution in [-0.4, -0.2) is 20.0 Å². The molecule has 5 heteroatoms. The van der Waals surface area contributed by atoms with Crippen LogP contribution in [0.4, 0.5) is 5.69 Å². The minimum absolute atomic E-state index is 0.0237. The molecule has 0 amide bonds. The van der Waals surface area contributed by atoms with Gasteiger partial charge in [0, 0.05) is 24.8 Å². The van der Waals surface area contributed by atoms with Crippen LogP contribution in [0.1, 0.15) is 11.1 Å². The van der Waals surface area contributed by atoms with Crippen molar-refractivity contribution in [2.24, 2.45) is 5.73 Å². The molecule has 0 spiro atoms. The summed E-state index contributed by atoms with van der Waals surface area (Å²) in [6, 6.07) is 13.4. The number of benzene rings is 2. The van der Waals surface area contributed by atoms with E-state index in [-0.39, 0.29) is 5.84 Å². The van der Waals surface area contributed by atoms with Crippen LogP contribution >= 0.6 is 11.6 Å². The average molecular weight is 304 g/mol. The molecule has 0 atom stereocenters. The highest BCUT2D eigenvalue weighted by molar-refractivity contribution is 6.34. The van der Waals surface area contributed by atoms with E-state index in [1.165, 1.54) is 5.56 Å². The lowest BCUT2D eigenvalue weighted by molar-refractivity contribution is 0.414. The van der Waals surface area contributed by atoms with Crippen molar-refractivity contribution in [3.8, 4) is 5.75 Å². The molecule has 0 fully saturated rings. The maximum atomic E-state index is 7.44. The van der Waals surface area contributed by atoms with Gasteiger partial charge in [-0.3, -0.25) is 5.41 Å². The van der Waals surface area contributed by atoms with E-state index in [4.69, 9.17) is 27.5 Å². The molecule has 0 aromatic heterocycles. The number of nitrogens with zero attached hydrogens (tertiary/aromatic N) is 1. The van der Waals surface area contributed by atoms with Crippen molar-refractivity contribution in [3.63, 3.8) is 0 Å². The van der Waals surface area contributed by atoms with Crippen molar-refractivity contribution >= 4 is 23.1 Å². The van der Waals surface area contributed by atoms with Gasteiger partial charge in [-0.25, -0.2) is 0 Å². The van der Waals surface area contributed by atoms with Crippen LogP contribution in [0.25, 0.3) is 0 Å². The normalized spacial score (nSPS) is 10.2. The molecule has 0 saturated heterocycles. The Morgan fingerprint density at radius 3 is 2.43 bits per heavy atom. The van der Waals surface area contributed by atoms with Gasteiger partial charge >= 0.3 is 0 Å². The summed E-state index contributed by atoms with van der Waals surface area (Å²) >= 11 is 6.15. The van der Waals surface area contributed by atoms with Gasteiger partial charge in [-0.1, -0.05) is 23.7 Å². The molecule has 0 unspecified atom stereocenters. The third-order valence-corrected chi connectivity index (χ3v) is 3.58. The van der Waals surface area contributed by atoms with Crippen molar-refractivity contribution in [2.75, 3.05) is 19.1 Å². The van der Waals surface area contributed by atoms with Crippen LogP contribution in [0.2, 0.25) is 5.02 Å². The number of anilines is 1. The summed E-state index contributed by atoms with van der Waals surface area (Å²) < 4.78 is 5.15. The number of hydrogen-bond donors (Lipinski definition) is 2. The summed E-state index contributed by atoms with van der Waals surface area (Å²) in [5, 5.41) is 7.93. The Balaban J connectivity index is 2.14. The summed E-state index contributed by atoms with van der Waals surface area (Å²) in [4.78, 5) is 2.08. The quantitative estimate of drug-likeness (QED) is 0.658. The van der Waals surface area contributed by atoms with Gasteiger partial charge in [0.05, 0.1) is 12.1 Å². The van der Waals surface area contributed by atoms with Crippen LogP contribution < -0.4 is 15.4 Å². The lowest BCUT2D eigenvalue weighted by atomic mass is 10.1. The fourth-order valence-corrected chi connectivity index (χ4v) is 2.33. The molecule has 3 N–H and O–H groups in total. The zero-order valence-corrected chi connectivity index (χ0v) is 12.8. The highest BCUT2D eigenvalue weighted by atomic mass is 35.5. The monoisotopic (exact) mass is 303 g/mol. The number of halogens is 1. The maximum Gasteiger partial charge on any atom is 0.124 e. The molecule has 0 bridgehead atoms. The Kier molecular flexibility index (Phi) is 4.70. The standard InChI is InChI=1S/C16H18ClN3O/c1-20(10-11-3-6-13(21-2)7-4-11)12-5-8-14(16(18)19)15(17)9-12/h3-9H,10H2,1-2H3,(H3,18,19). The zero-order valence-electron chi connectivity index (χ0n) is 12.1. The van der Waals surface area contributed by atoms with Crippen molar-refractivity contribution in [1.29, 1.82) is 5.41 Å². The number of ether oxygens (including phenoxy) is 1. The Labute approximate surface area is 129 Å². The fraction of sp³-hybridized carbons (Fsp3) is 0.188. The smallest absolute Gasteiger partial charge is 0.124 e. The molecule has 0 aliphatic carbocycles. The van der Waals surface area contributed by atoms with Crippen molar-refractivity contribution in [2.45, 2.75) is 6.54 Å². The second-order valence-electron chi connectivity index (χ2n) is 4.78. The first kappa shape index (κ1) is 15.2. The largest absolute Gasteiger partial charge is 0.497 e. The molecule has 2 aromatic carbocycles. The van der Waals surface area contributed by atoms with Crippen molar-refractivity contribution in [1.82, 2.24) is 0 Å². The molecule has 4 nitrogen and oxygen atoms in total. The number of methoxy groups -OCH3 is 1. The number of amidine groups is 1. The van der Waals surface area contributed by atoms with E-state index in [0.717, 1.165) is 18.0 Å². The molecule has 0 radical (unpaired) electrons. The topological polar surface area (TPSA) is 62.3 Å². The molecular weight excluding hydrogens is 286 g/mol. The molecule has 0 aliphatic rings. The first-order valence-corrected chi connectivity index (χ1v) is 6.87. The molecule has 0 heterocycles. The Morgan fingerprint density at radius 2 is 1.90 bits per heavy atom. The van der Waals surface area contributed by atoms with Crippen LogP contribution in [-0.2, 0) is 6.54 Å². The van der Waals surface area contributed by atoms with Crippen molar-refractivity contribution in [3.05, 3.63) is 58.6 Å². The SMILES string of the molecule is COc1ccc(CN(C)c2ccc(C(=N)N)c(Cl)c2)cc1. The molecular formula is C16H18ClN3O.